The van der Waals surface area contributed by atoms with E-state index in [1.165, 1.54) is 37.7 Å². The molecular formula is C16H23BrFN. The highest BCUT2D eigenvalue weighted by Crippen LogP contribution is 2.35. The fourth-order valence-corrected chi connectivity index (χ4v) is 3.63. The van der Waals surface area contributed by atoms with Crippen LogP contribution in [-0.2, 0) is 0 Å². The summed E-state index contributed by atoms with van der Waals surface area (Å²) in [5.74, 6) is 0.650. The van der Waals surface area contributed by atoms with Crippen molar-refractivity contribution >= 4 is 15.9 Å². The van der Waals surface area contributed by atoms with Gasteiger partial charge in [-0.25, -0.2) is 4.39 Å². The smallest absolute Gasteiger partial charge is 0.124 e. The molecule has 3 heteroatoms. The quantitative estimate of drug-likeness (QED) is 0.756. The van der Waals surface area contributed by atoms with Crippen molar-refractivity contribution in [2.24, 2.45) is 5.92 Å². The van der Waals surface area contributed by atoms with Gasteiger partial charge in [-0.15, -0.1) is 0 Å². The Labute approximate surface area is 124 Å². The third kappa shape index (κ3) is 4.28. The van der Waals surface area contributed by atoms with Gasteiger partial charge in [-0.3, -0.25) is 0 Å². The molecule has 0 aliphatic heterocycles. The molecule has 0 radical (unpaired) electrons. The molecule has 1 saturated carbocycles. The molecule has 1 N–H and O–H groups in total. The maximum absolute atomic E-state index is 13.2. The predicted molar refractivity (Wildman–Crippen MR) is 81.7 cm³/mol. The first-order valence-electron chi connectivity index (χ1n) is 7.39. The monoisotopic (exact) mass is 327 g/mol. The zero-order valence-electron chi connectivity index (χ0n) is 11.6. The molecular weight excluding hydrogens is 305 g/mol. The van der Waals surface area contributed by atoms with Crippen molar-refractivity contribution < 1.29 is 4.39 Å². The summed E-state index contributed by atoms with van der Waals surface area (Å²) in [4.78, 5) is 0. The van der Waals surface area contributed by atoms with Gasteiger partial charge in [0.25, 0.3) is 0 Å². The summed E-state index contributed by atoms with van der Waals surface area (Å²) in [5, 5.41) is 3.62. The van der Waals surface area contributed by atoms with Crippen LogP contribution in [0.15, 0.2) is 22.7 Å². The van der Waals surface area contributed by atoms with Gasteiger partial charge >= 0.3 is 0 Å². The van der Waals surface area contributed by atoms with Gasteiger partial charge in [0.1, 0.15) is 5.82 Å². The van der Waals surface area contributed by atoms with Crippen LogP contribution in [0.4, 0.5) is 4.39 Å². The van der Waals surface area contributed by atoms with E-state index in [2.05, 4.69) is 28.2 Å². The molecule has 1 fully saturated rings. The van der Waals surface area contributed by atoms with Gasteiger partial charge in [-0.05, 0) is 43.0 Å². The summed E-state index contributed by atoms with van der Waals surface area (Å²) in [6, 6.07) is 5.40. The number of nitrogens with one attached hydrogen (secondary N) is 1. The Morgan fingerprint density at radius 2 is 2.11 bits per heavy atom. The van der Waals surface area contributed by atoms with E-state index in [0.717, 1.165) is 23.4 Å². The van der Waals surface area contributed by atoms with Crippen LogP contribution in [0.1, 0.15) is 57.1 Å². The maximum atomic E-state index is 13.2. The molecule has 1 aromatic carbocycles. The van der Waals surface area contributed by atoms with Crippen LogP contribution in [-0.4, -0.2) is 6.54 Å². The Kier molecular flexibility index (Phi) is 5.83. The van der Waals surface area contributed by atoms with Crippen molar-refractivity contribution in [1.82, 2.24) is 5.32 Å². The summed E-state index contributed by atoms with van der Waals surface area (Å²) >= 11 is 3.51. The molecule has 19 heavy (non-hydrogen) atoms. The largest absolute Gasteiger partial charge is 0.310 e. The Bertz CT molecular complexity index is 402. The van der Waals surface area contributed by atoms with E-state index in [0.29, 0.717) is 6.04 Å². The first-order valence-corrected chi connectivity index (χ1v) is 8.18. The first-order chi connectivity index (χ1) is 9.20. The molecule has 1 nitrogen and oxygen atoms in total. The van der Waals surface area contributed by atoms with Crippen molar-refractivity contribution in [3.05, 3.63) is 34.1 Å². The number of hydrogen-bond acceptors (Lipinski definition) is 1. The highest BCUT2D eigenvalue weighted by molar-refractivity contribution is 9.10. The van der Waals surface area contributed by atoms with Crippen LogP contribution < -0.4 is 5.32 Å². The van der Waals surface area contributed by atoms with Crippen LogP contribution in [0.25, 0.3) is 0 Å². The average Bonchev–Trinajstić information content (AvgIpc) is 2.88. The Morgan fingerprint density at radius 3 is 2.74 bits per heavy atom. The van der Waals surface area contributed by atoms with Crippen molar-refractivity contribution in [3.63, 3.8) is 0 Å². The molecule has 0 bridgehead atoms. The van der Waals surface area contributed by atoms with Crippen LogP contribution in [0, 0.1) is 11.7 Å². The number of rotatable bonds is 6. The van der Waals surface area contributed by atoms with E-state index in [1.54, 1.807) is 12.1 Å². The zero-order valence-corrected chi connectivity index (χ0v) is 13.2. The highest BCUT2D eigenvalue weighted by atomic mass is 79.9. The van der Waals surface area contributed by atoms with Gasteiger partial charge in [0.2, 0.25) is 0 Å². The maximum Gasteiger partial charge on any atom is 0.124 e. The van der Waals surface area contributed by atoms with Crippen LogP contribution in [0.2, 0.25) is 0 Å². The molecule has 0 aromatic heterocycles. The minimum atomic E-state index is -0.175. The second-order valence-corrected chi connectivity index (χ2v) is 6.41. The molecule has 1 atom stereocenters. The van der Waals surface area contributed by atoms with E-state index in [-0.39, 0.29) is 5.82 Å². The molecule has 0 saturated heterocycles. The number of halogens is 2. The van der Waals surface area contributed by atoms with E-state index >= 15 is 0 Å². The summed E-state index contributed by atoms with van der Waals surface area (Å²) in [7, 11) is 0. The van der Waals surface area contributed by atoms with E-state index in [9.17, 15) is 4.39 Å². The first kappa shape index (κ1) is 15.0. The van der Waals surface area contributed by atoms with Crippen molar-refractivity contribution in [3.8, 4) is 0 Å². The average molecular weight is 328 g/mol. The van der Waals surface area contributed by atoms with Crippen molar-refractivity contribution in [2.45, 2.75) is 51.5 Å². The van der Waals surface area contributed by atoms with E-state index < -0.39 is 0 Å². The SMILES string of the molecule is CCCNC(CC1CCCC1)c1ccc(F)cc1Br. The molecule has 106 valence electrons. The minimum absolute atomic E-state index is 0.175. The predicted octanol–water partition coefficient (Wildman–Crippen LogP) is 5.21. The Morgan fingerprint density at radius 1 is 1.37 bits per heavy atom. The molecule has 1 aliphatic rings. The standard InChI is InChI=1S/C16H23BrFN/c1-2-9-19-16(10-12-5-3-4-6-12)14-8-7-13(18)11-15(14)17/h7-8,11-12,16,19H,2-6,9-10H2,1H3. The topological polar surface area (TPSA) is 12.0 Å². The summed E-state index contributed by atoms with van der Waals surface area (Å²) in [6.07, 6.45) is 7.74. The third-order valence-corrected chi connectivity index (χ3v) is 4.71. The second kappa shape index (κ2) is 7.39. The zero-order chi connectivity index (χ0) is 13.7. The molecule has 1 unspecified atom stereocenters. The van der Waals surface area contributed by atoms with Crippen LogP contribution in [0.5, 0.6) is 0 Å². The van der Waals surface area contributed by atoms with E-state index in [1.807, 2.05) is 6.07 Å². The van der Waals surface area contributed by atoms with Gasteiger partial charge in [-0.1, -0.05) is 54.6 Å². The third-order valence-electron chi connectivity index (χ3n) is 4.02. The fourth-order valence-electron chi connectivity index (χ4n) is 3.00. The van der Waals surface area contributed by atoms with E-state index in [4.69, 9.17) is 0 Å². The molecule has 1 aromatic rings. The molecule has 0 spiro atoms. The molecule has 0 amide bonds. The van der Waals surface area contributed by atoms with Crippen LogP contribution in [0.3, 0.4) is 0 Å². The summed E-state index contributed by atoms with van der Waals surface area (Å²) in [5.41, 5.74) is 1.20. The fraction of sp³-hybridized carbons (Fsp3) is 0.625. The Hall–Kier alpha value is -0.410. The van der Waals surface area contributed by atoms with Gasteiger partial charge < -0.3 is 5.32 Å². The van der Waals surface area contributed by atoms with Gasteiger partial charge in [-0.2, -0.15) is 0 Å². The lowest BCUT2D eigenvalue weighted by molar-refractivity contribution is 0.394. The number of hydrogen-bond donors (Lipinski definition) is 1. The summed E-state index contributed by atoms with van der Waals surface area (Å²) < 4.78 is 14.1. The van der Waals surface area contributed by atoms with Crippen molar-refractivity contribution in [1.29, 1.82) is 0 Å². The number of benzene rings is 1. The van der Waals surface area contributed by atoms with Gasteiger partial charge in [0.15, 0.2) is 0 Å². The van der Waals surface area contributed by atoms with Crippen molar-refractivity contribution in [2.75, 3.05) is 6.54 Å². The summed E-state index contributed by atoms with van der Waals surface area (Å²) in [6.45, 7) is 3.19. The highest BCUT2D eigenvalue weighted by Gasteiger charge is 2.22. The molecule has 2 rings (SSSR count). The van der Waals surface area contributed by atoms with Crippen LogP contribution >= 0.6 is 15.9 Å². The van der Waals surface area contributed by atoms with Gasteiger partial charge in [0.05, 0.1) is 0 Å². The molecule has 0 heterocycles. The Balaban J connectivity index is 2.10. The molecule has 1 aliphatic carbocycles. The normalized spacial score (nSPS) is 17.8. The minimum Gasteiger partial charge on any atom is -0.310 e. The lowest BCUT2D eigenvalue weighted by Crippen LogP contribution is -2.24. The van der Waals surface area contributed by atoms with Gasteiger partial charge in [0, 0.05) is 10.5 Å². The lowest BCUT2D eigenvalue weighted by Gasteiger charge is -2.23. The lowest BCUT2D eigenvalue weighted by atomic mass is 9.93. The second-order valence-electron chi connectivity index (χ2n) is 5.56.